The molecule has 0 aromatic carbocycles. The average molecular weight is 221 g/mol. The number of hydrogen-bond donors (Lipinski definition) is 0. The zero-order valence-electron chi connectivity index (χ0n) is 6.46. The van der Waals surface area contributed by atoms with Crippen LogP contribution in [0.25, 0.3) is 0 Å². The summed E-state index contributed by atoms with van der Waals surface area (Å²) < 4.78 is 10.9. The lowest BCUT2D eigenvalue weighted by atomic mass is 10.1. The quantitative estimate of drug-likeness (QED) is 0.630. The van der Waals surface area contributed by atoms with Crippen LogP contribution in [0.1, 0.15) is 19.3 Å². The maximum Gasteiger partial charge on any atom is 0.161 e. The summed E-state index contributed by atoms with van der Waals surface area (Å²) >= 11 is 3.65. The average Bonchev–Trinajstić information content (AvgIpc) is 2.55. The van der Waals surface area contributed by atoms with Gasteiger partial charge in [0.1, 0.15) is 0 Å². The lowest BCUT2D eigenvalue weighted by Crippen LogP contribution is -2.24. The molecule has 2 unspecified atom stereocenters. The van der Waals surface area contributed by atoms with Crippen molar-refractivity contribution in [3.8, 4) is 0 Å². The van der Waals surface area contributed by atoms with E-state index in [-0.39, 0.29) is 6.29 Å². The summed E-state index contributed by atoms with van der Waals surface area (Å²) in [6.45, 7) is 1.56. The molecule has 1 aliphatic heterocycles. The van der Waals surface area contributed by atoms with Gasteiger partial charge in [-0.3, -0.25) is 0 Å². The van der Waals surface area contributed by atoms with Gasteiger partial charge in [0.25, 0.3) is 0 Å². The number of rotatable bonds is 1. The van der Waals surface area contributed by atoms with Gasteiger partial charge in [-0.2, -0.15) is 0 Å². The molecule has 0 spiro atoms. The highest BCUT2D eigenvalue weighted by Gasteiger charge is 2.35. The topological polar surface area (TPSA) is 18.5 Å². The van der Waals surface area contributed by atoms with Gasteiger partial charge in [0, 0.05) is 10.7 Å². The molecule has 0 aromatic heterocycles. The second-order valence-corrected chi connectivity index (χ2v) is 4.40. The van der Waals surface area contributed by atoms with Gasteiger partial charge in [-0.1, -0.05) is 22.4 Å². The molecule has 2 rings (SSSR count). The second-order valence-electron chi connectivity index (χ2n) is 3.22. The highest BCUT2D eigenvalue weighted by molar-refractivity contribution is 9.09. The molecule has 0 amide bonds. The van der Waals surface area contributed by atoms with Crippen LogP contribution in [0.3, 0.4) is 0 Å². The minimum atomic E-state index is 0.0851. The van der Waals surface area contributed by atoms with Gasteiger partial charge in [0.15, 0.2) is 6.29 Å². The fourth-order valence-corrected chi connectivity index (χ4v) is 2.71. The first-order valence-corrected chi connectivity index (χ1v) is 5.17. The molecule has 0 N–H and O–H groups in total. The Balaban J connectivity index is 1.92. The van der Waals surface area contributed by atoms with E-state index in [4.69, 9.17) is 9.47 Å². The molecule has 2 nitrogen and oxygen atoms in total. The Bertz CT molecular complexity index is 134. The Morgan fingerprint density at radius 3 is 2.36 bits per heavy atom. The normalized spacial score (nSPS) is 40.1. The van der Waals surface area contributed by atoms with E-state index in [9.17, 15) is 0 Å². The van der Waals surface area contributed by atoms with Crippen molar-refractivity contribution >= 4 is 15.9 Å². The Labute approximate surface area is 75.4 Å². The Kier molecular flexibility index (Phi) is 2.49. The van der Waals surface area contributed by atoms with Crippen LogP contribution in [-0.2, 0) is 9.47 Å². The van der Waals surface area contributed by atoms with Gasteiger partial charge in [-0.15, -0.1) is 0 Å². The van der Waals surface area contributed by atoms with Crippen LogP contribution in [0.5, 0.6) is 0 Å². The van der Waals surface area contributed by atoms with Crippen molar-refractivity contribution in [2.45, 2.75) is 30.4 Å². The van der Waals surface area contributed by atoms with Gasteiger partial charge in [0.2, 0.25) is 0 Å². The zero-order valence-corrected chi connectivity index (χ0v) is 8.05. The van der Waals surface area contributed by atoms with Gasteiger partial charge in [0.05, 0.1) is 13.2 Å². The molecule has 2 atom stereocenters. The molecule has 3 heteroatoms. The molecule has 64 valence electrons. The minimum Gasteiger partial charge on any atom is -0.350 e. The smallest absolute Gasteiger partial charge is 0.161 e. The van der Waals surface area contributed by atoms with Gasteiger partial charge in [-0.25, -0.2) is 0 Å². The van der Waals surface area contributed by atoms with Gasteiger partial charge < -0.3 is 9.47 Å². The Morgan fingerprint density at radius 2 is 1.82 bits per heavy atom. The van der Waals surface area contributed by atoms with Gasteiger partial charge >= 0.3 is 0 Å². The van der Waals surface area contributed by atoms with Crippen molar-refractivity contribution < 1.29 is 9.47 Å². The largest absolute Gasteiger partial charge is 0.350 e. The fourth-order valence-electron chi connectivity index (χ4n) is 1.87. The molecule has 1 heterocycles. The summed E-state index contributed by atoms with van der Waals surface area (Å²) in [5, 5.41) is 0. The van der Waals surface area contributed by atoms with Crippen LogP contribution in [-0.4, -0.2) is 24.3 Å². The lowest BCUT2D eigenvalue weighted by Gasteiger charge is -2.19. The van der Waals surface area contributed by atoms with Crippen molar-refractivity contribution in [1.29, 1.82) is 0 Å². The van der Waals surface area contributed by atoms with Crippen LogP contribution >= 0.6 is 15.9 Å². The lowest BCUT2D eigenvalue weighted by molar-refractivity contribution is -0.0794. The predicted octanol–water partition coefficient (Wildman–Crippen LogP) is 1.92. The minimum absolute atomic E-state index is 0.0851. The van der Waals surface area contributed by atoms with E-state index in [2.05, 4.69) is 15.9 Å². The molecule has 0 bridgehead atoms. The van der Waals surface area contributed by atoms with Crippen molar-refractivity contribution in [1.82, 2.24) is 0 Å². The molecule has 11 heavy (non-hydrogen) atoms. The Hall–Kier alpha value is 0.400. The van der Waals surface area contributed by atoms with E-state index in [1.807, 2.05) is 0 Å². The van der Waals surface area contributed by atoms with Crippen molar-refractivity contribution in [2.24, 2.45) is 5.92 Å². The molecule has 1 saturated carbocycles. The SMILES string of the molecule is BrC1CCCC1C1OCCO1. The molecule has 0 radical (unpaired) electrons. The summed E-state index contributed by atoms with van der Waals surface area (Å²) in [6.07, 6.45) is 3.92. The summed E-state index contributed by atoms with van der Waals surface area (Å²) in [4.78, 5) is 0.616. The highest BCUT2D eigenvalue weighted by atomic mass is 79.9. The molecule has 0 aromatic rings. The summed E-state index contributed by atoms with van der Waals surface area (Å²) in [6, 6.07) is 0. The third-order valence-electron chi connectivity index (χ3n) is 2.48. The molecule has 1 aliphatic carbocycles. The van der Waals surface area contributed by atoms with Crippen LogP contribution in [0.2, 0.25) is 0 Å². The van der Waals surface area contributed by atoms with Crippen molar-refractivity contribution in [3.63, 3.8) is 0 Å². The van der Waals surface area contributed by atoms with E-state index < -0.39 is 0 Å². The molecule has 2 aliphatic rings. The van der Waals surface area contributed by atoms with Crippen LogP contribution in [0.4, 0.5) is 0 Å². The third-order valence-corrected chi connectivity index (χ3v) is 3.62. The molecular formula is C8H13BrO2. The summed E-state index contributed by atoms with van der Waals surface area (Å²) in [7, 11) is 0. The van der Waals surface area contributed by atoms with E-state index >= 15 is 0 Å². The van der Waals surface area contributed by atoms with Crippen molar-refractivity contribution in [2.75, 3.05) is 13.2 Å². The molecule has 2 fully saturated rings. The van der Waals surface area contributed by atoms with E-state index in [1.165, 1.54) is 19.3 Å². The first-order chi connectivity index (χ1) is 5.38. The van der Waals surface area contributed by atoms with E-state index in [1.54, 1.807) is 0 Å². The zero-order chi connectivity index (χ0) is 7.68. The second kappa shape index (κ2) is 3.42. The first kappa shape index (κ1) is 8.02. The van der Waals surface area contributed by atoms with Crippen LogP contribution in [0.15, 0.2) is 0 Å². The monoisotopic (exact) mass is 220 g/mol. The number of halogens is 1. The highest BCUT2D eigenvalue weighted by Crippen LogP contribution is 2.36. The summed E-state index contributed by atoms with van der Waals surface area (Å²) in [5.41, 5.74) is 0. The van der Waals surface area contributed by atoms with Crippen LogP contribution in [0, 0.1) is 5.92 Å². The fraction of sp³-hybridized carbons (Fsp3) is 1.00. The maximum absolute atomic E-state index is 5.46. The number of ether oxygens (including phenoxy) is 2. The van der Waals surface area contributed by atoms with Crippen LogP contribution < -0.4 is 0 Å². The van der Waals surface area contributed by atoms with Crippen molar-refractivity contribution in [3.05, 3.63) is 0 Å². The van der Waals surface area contributed by atoms with E-state index in [0.717, 1.165) is 13.2 Å². The molecule has 1 saturated heterocycles. The molecular weight excluding hydrogens is 208 g/mol. The number of alkyl halides is 1. The maximum atomic E-state index is 5.46. The first-order valence-electron chi connectivity index (χ1n) is 4.25. The standard InChI is InChI=1S/C8H13BrO2/c9-7-3-1-2-6(7)8-10-4-5-11-8/h6-8H,1-5H2. The summed E-state index contributed by atoms with van der Waals surface area (Å²) in [5.74, 6) is 0.595. The number of hydrogen-bond acceptors (Lipinski definition) is 2. The third kappa shape index (κ3) is 1.60. The predicted molar refractivity (Wildman–Crippen MR) is 45.7 cm³/mol. The van der Waals surface area contributed by atoms with Gasteiger partial charge in [-0.05, 0) is 12.8 Å². The van der Waals surface area contributed by atoms with E-state index in [0.29, 0.717) is 10.7 Å². The Morgan fingerprint density at radius 1 is 1.09 bits per heavy atom.